The molecule has 15 heavy (non-hydrogen) atoms. The van der Waals surface area contributed by atoms with Crippen LogP contribution in [0.3, 0.4) is 0 Å². The van der Waals surface area contributed by atoms with Gasteiger partial charge in [-0.15, -0.1) is 0 Å². The second-order valence-electron chi connectivity index (χ2n) is 3.30. The fourth-order valence-corrected chi connectivity index (χ4v) is 1.22. The zero-order valence-electron chi connectivity index (χ0n) is 9.19. The van der Waals surface area contributed by atoms with Crippen LogP contribution in [0.1, 0.15) is 18.9 Å². The summed E-state index contributed by atoms with van der Waals surface area (Å²) in [5.41, 5.74) is 1.00. The minimum atomic E-state index is 0.0876. The minimum absolute atomic E-state index is 0.0876. The molecule has 0 aliphatic carbocycles. The summed E-state index contributed by atoms with van der Waals surface area (Å²) in [4.78, 5) is 13.2. The van der Waals surface area contributed by atoms with E-state index in [1.807, 2.05) is 6.92 Å². The van der Waals surface area contributed by atoms with E-state index in [0.717, 1.165) is 5.56 Å². The first-order valence-corrected chi connectivity index (χ1v) is 5.03. The van der Waals surface area contributed by atoms with Crippen molar-refractivity contribution in [3.05, 3.63) is 18.0 Å². The lowest BCUT2D eigenvalue weighted by atomic mass is 10.3. The first kappa shape index (κ1) is 11.7. The van der Waals surface area contributed by atoms with Gasteiger partial charge in [0.1, 0.15) is 0 Å². The number of nitrogens with zero attached hydrogens (tertiary/aromatic N) is 2. The summed E-state index contributed by atoms with van der Waals surface area (Å²) in [5, 5.41) is 6.54. The summed E-state index contributed by atoms with van der Waals surface area (Å²) >= 11 is 0. The van der Waals surface area contributed by atoms with Gasteiger partial charge in [-0.25, -0.2) is 0 Å². The summed E-state index contributed by atoms with van der Waals surface area (Å²) in [6.07, 6.45) is 3.93. The molecule has 0 unspecified atom stereocenters. The average Bonchev–Trinajstić information content (AvgIpc) is 2.70. The Bertz CT molecular complexity index is 285. The van der Waals surface area contributed by atoms with Crippen LogP contribution < -0.4 is 0 Å². The zero-order valence-corrected chi connectivity index (χ0v) is 9.19. The molecule has 5 nitrogen and oxygen atoms in total. The molecule has 1 aromatic heterocycles. The molecule has 5 heteroatoms. The third-order valence-corrected chi connectivity index (χ3v) is 2.06. The van der Waals surface area contributed by atoms with Gasteiger partial charge in [0.15, 0.2) is 0 Å². The van der Waals surface area contributed by atoms with Crippen LogP contribution in [-0.4, -0.2) is 41.3 Å². The Hall–Kier alpha value is -1.36. The van der Waals surface area contributed by atoms with Gasteiger partial charge in [-0.1, -0.05) is 0 Å². The molecule has 1 heterocycles. The van der Waals surface area contributed by atoms with Crippen molar-refractivity contribution < 1.29 is 9.53 Å². The molecule has 1 N–H and O–H groups in total. The van der Waals surface area contributed by atoms with Crippen LogP contribution in [0, 0.1) is 0 Å². The highest BCUT2D eigenvalue weighted by molar-refractivity contribution is 5.75. The second kappa shape index (κ2) is 6.19. The Morgan fingerprint density at radius 2 is 2.47 bits per heavy atom. The first-order chi connectivity index (χ1) is 7.24. The summed E-state index contributed by atoms with van der Waals surface area (Å²) in [6.45, 7) is 3.64. The Kier molecular flexibility index (Phi) is 4.83. The lowest BCUT2D eigenvalue weighted by Crippen LogP contribution is -2.26. The molecule has 1 rings (SSSR count). The van der Waals surface area contributed by atoms with Crippen molar-refractivity contribution in [3.8, 4) is 0 Å². The van der Waals surface area contributed by atoms with Gasteiger partial charge in [0, 0.05) is 32.0 Å². The summed E-state index contributed by atoms with van der Waals surface area (Å²) < 4.78 is 5.12. The highest BCUT2D eigenvalue weighted by Gasteiger charge is 2.09. The zero-order chi connectivity index (χ0) is 11.1. The predicted molar refractivity (Wildman–Crippen MR) is 56.2 cm³/mol. The van der Waals surface area contributed by atoms with Gasteiger partial charge in [-0.2, -0.15) is 5.10 Å². The Morgan fingerprint density at radius 3 is 3.07 bits per heavy atom. The fraction of sp³-hybridized carbons (Fsp3) is 0.600. The van der Waals surface area contributed by atoms with E-state index in [9.17, 15) is 4.79 Å². The SMILES string of the molecule is CCOCCC(=O)N(C)Cc1cn[nH]c1. The molecule has 0 aliphatic heterocycles. The number of carbonyl (C=O) groups excluding carboxylic acids is 1. The molecular formula is C10H17N3O2. The van der Waals surface area contributed by atoms with Gasteiger partial charge in [-0.3, -0.25) is 9.89 Å². The quantitative estimate of drug-likeness (QED) is 0.708. The molecule has 0 fully saturated rings. The van der Waals surface area contributed by atoms with Crippen LogP contribution in [0.5, 0.6) is 0 Å². The van der Waals surface area contributed by atoms with Crippen molar-refractivity contribution in [3.63, 3.8) is 0 Å². The van der Waals surface area contributed by atoms with E-state index in [1.54, 1.807) is 24.3 Å². The van der Waals surface area contributed by atoms with Gasteiger partial charge < -0.3 is 9.64 Å². The molecule has 0 atom stereocenters. The topological polar surface area (TPSA) is 58.2 Å². The fourth-order valence-electron chi connectivity index (χ4n) is 1.22. The normalized spacial score (nSPS) is 10.3. The van der Waals surface area contributed by atoms with Gasteiger partial charge >= 0.3 is 0 Å². The van der Waals surface area contributed by atoms with E-state index in [1.165, 1.54) is 0 Å². The standard InChI is InChI=1S/C10H17N3O2/c1-3-15-5-4-10(14)13(2)8-9-6-11-12-7-9/h6-7H,3-5,8H2,1-2H3,(H,11,12). The summed E-state index contributed by atoms with van der Waals surface area (Å²) in [5.74, 6) is 0.0876. The van der Waals surface area contributed by atoms with E-state index in [4.69, 9.17) is 4.74 Å². The molecule has 0 aliphatic rings. The predicted octanol–water partition coefficient (Wildman–Crippen LogP) is 0.795. The molecule has 0 radical (unpaired) electrons. The maximum Gasteiger partial charge on any atom is 0.224 e. The first-order valence-electron chi connectivity index (χ1n) is 5.03. The molecule has 0 bridgehead atoms. The number of aromatic nitrogens is 2. The molecule has 84 valence electrons. The average molecular weight is 211 g/mol. The number of aromatic amines is 1. The maximum atomic E-state index is 11.6. The minimum Gasteiger partial charge on any atom is -0.381 e. The summed E-state index contributed by atoms with van der Waals surface area (Å²) in [6, 6.07) is 0. The molecule has 0 saturated heterocycles. The smallest absolute Gasteiger partial charge is 0.224 e. The van der Waals surface area contributed by atoms with Crippen LogP contribution in [0.15, 0.2) is 12.4 Å². The van der Waals surface area contributed by atoms with Crippen molar-refractivity contribution in [1.29, 1.82) is 0 Å². The lowest BCUT2D eigenvalue weighted by molar-refractivity contribution is -0.131. The van der Waals surface area contributed by atoms with Crippen molar-refractivity contribution in [2.45, 2.75) is 19.9 Å². The van der Waals surface area contributed by atoms with E-state index in [-0.39, 0.29) is 5.91 Å². The second-order valence-corrected chi connectivity index (χ2v) is 3.30. The Labute approximate surface area is 89.4 Å². The number of rotatable bonds is 6. The number of carbonyl (C=O) groups is 1. The molecule has 1 aromatic rings. The van der Waals surface area contributed by atoms with Crippen molar-refractivity contribution in [2.24, 2.45) is 0 Å². The van der Waals surface area contributed by atoms with Crippen LogP contribution >= 0.6 is 0 Å². The Morgan fingerprint density at radius 1 is 1.67 bits per heavy atom. The third kappa shape index (κ3) is 4.12. The highest BCUT2D eigenvalue weighted by atomic mass is 16.5. The monoisotopic (exact) mass is 211 g/mol. The van der Waals surface area contributed by atoms with E-state index in [2.05, 4.69) is 10.2 Å². The van der Waals surface area contributed by atoms with Crippen LogP contribution in [0.2, 0.25) is 0 Å². The largest absolute Gasteiger partial charge is 0.381 e. The number of hydrogen-bond donors (Lipinski definition) is 1. The van der Waals surface area contributed by atoms with E-state index < -0.39 is 0 Å². The van der Waals surface area contributed by atoms with Crippen LogP contribution in [0.25, 0.3) is 0 Å². The lowest BCUT2D eigenvalue weighted by Gasteiger charge is -2.15. The van der Waals surface area contributed by atoms with E-state index >= 15 is 0 Å². The van der Waals surface area contributed by atoms with Gasteiger partial charge in [0.05, 0.1) is 19.2 Å². The van der Waals surface area contributed by atoms with Gasteiger partial charge in [0.2, 0.25) is 5.91 Å². The van der Waals surface area contributed by atoms with Gasteiger partial charge in [-0.05, 0) is 6.92 Å². The molecule has 0 saturated carbocycles. The number of ether oxygens (including phenoxy) is 1. The highest BCUT2D eigenvalue weighted by Crippen LogP contribution is 2.01. The number of H-pyrrole nitrogens is 1. The molecule has 0 aromatic carbocycles. The molecule has 1 amide bonds. The van der Waals surface area contributed by atoms with Crippen LogP contribution in [-0.2, 0) is 16.1 Å². The van der Waals surface area contributed by atoms with Crippen molar-refractivity contribution >= 4 is 5.91 Å². The summed E-state index contributed by atoms with van der Waals surface area (Å²) in [7, 11) is 1.78. The molecular weight excluding hydrogens is 194 g/mol. The maximum absolute atomic E-state index is 11.6. The molecule has 0 spiro atoms. The van der Waals surface area contributed by atoms with Crippen LogP contribution in [0.4, 0.5) is 0 Å². The number of nitrogens with one attached hydrogen (secondary N) is 1. The van der Waals surface area contributed by atoms with Crippen molar-refractivity contribution in [2.75, 3.05) is 20.3 Å². The number of hydrogen-bond acceptors (Lipinski definition) is 3. The van der Waals surface area contributed by atoms with Gasteiger partial charge in [0.25, 0.3) is 0 Å². The third-order valence-electron chi connectivity index (χ3n) is 2.06. The van der Waals surface area contributed by atoms with Crippen molar-refractivity contribution in [1.82, 2.24) is 15.1 Å². The van der Waals surface area contributed by atoms with E-state index in [0.29, 0.717) is 26.2 Å². The Balaban J connectivity index is 2.27. The number of amides is 1.